The number of ketones is 1. The lowest BCUT2D eigenvalue weighted by atomic mass is 10.1. The Hall–Kier alpha value is -1.16. The lowest BCUT2D eigenvalue weighted by Crippen LogP contribution is -2.29. The van der Waals surface area contributed by atoms with Crippen molar-refractivity contribution in [3.05, 3.63) is 17.5 Å². The molecule has 0 aromatic carbocycles. The van der Waals surface area contributed by atoms with Gasteiger partial charge in [-0.05, 0) is 6.92 Å². The molecule has 0 amide bonds. The van der Waals surface area contributed by atoms with Crippen molar-refractivity contribution in [2.24, 2.45) is 0 Å². The van der Waals surface area contributed by atoms with Gasteiger partial charge < -0.3 is 5.32 Å². The fourth-order valence-corrected chi connectivity index (χ4v) is 1.48. The highest BCUT2D eigenvalue weighted by molar-refractivity contribution is 5.94. The zero-order chi connectivity index (χ0) is 8.55. The van der Waals surface area contributed by atoms with Gasteiger partial charge >= 0.3 is 0 Å². The molecule has 0 fully saturated rings. The molecular weight excluding hydrogens is 154 g/mol. The number of nitrogens with one attached hydrogen (secondary N) is 1. The van der Waals surface area contributed by atoms with Crippen molar-refractivity contribution in [2.75, 3.05) is 6.54 Å². The minimum absolute atomic E-state index is 0.0972. The van der Waals surface area contributed by atoms with Crippen LogP contribution in [-0.4, -0.2) is 22.1 Å². The van der Waals surface area contributed by atoms with Crippen molar-refractivity contribution in [1.82, 2.24) is 15.1 Å². The average Bonchev–Trinajstić information content (AvgIpc) is 2.47. The number of hydrogen-bond donors (Lipinski definition) is 1. The number of nitrogens with zero attached hydrogens (tertiary/aromatic N) is 2. The summed E-state index contributed by atoms with van der Waals surface area (Å²) in [6, 6.07) is 0. The highest BCUT2D eigenvalue weighted by Crippen LogP contribution is 2.11. The first-order chi connectivity index (χ1) is 5.79. The molecule has 2 rings (SSSR count). The first-order valence-electron chi connectivity index (χ1n) is 4.05. The SMILES string of the molecule is CC(=O)c1cnn2c1CNCC2. The highest BCUT2D eigenvalue weighted by Gasteiger charge is 2.16. The lowest BCUT2D eigenvalue weighted by molar-refractivity contribution is 0.101. The van der Waals surface area contributed by atoms with Crippen LogP contribution in [-0.2, 0) is 13.1 Å². The Bertz CT molecular complexity index is 316. The average molecular weight is 165 g/mol. The van der Waals surface area contributed by atoms with Gasteiger partial charge in [-0.3, -0.25) is 9.48 Å². The number of aromatic nitrogens is 2. The zero-order valence-electron chi connectivity index (χ0n) is 7.00. The van der Waals surface area contributed by atoms with Crippen LogP contribution in [0.5, 0.6) is 0 Å². The topological polar surface area (TPSA) is 46.9 Å². The van der Waals surface area contributed by atoms with Crippen LogP contribution in [0.2, 0.25) is 0 Å². The second kappa shape index (κ2) is 2.71. The van der Waals surface area contributed by atoms with Gasteiger partial charge in [0, 0.05) is 13.1 Å². The lowest BCUT2D eigenvalue weighted by Gasteiger charge is -2.15. The zero-order valence-corrected chi connectivity index (χ0v) is 7.00. The number of Topliss-reactive ketones (excluding diaryl/α,β-unsaturated/α-hetero) is 1. The summed E-state index contributed by atoms with van der Waals surface area (Å²) in [7, 11) is 0. The molecule has 0 spiro atoms. The molecule has 0 radical (unpaired) electrons. The third-order valence-corrected chi connectivity index (χ3v) is 2.12. The summed E-state index contributed by atoms with van der Waals surface area (Å²) in [6.45, 7) is 4.13. The molecular formula is C8H11N3O. The normalized spacial score (nSPS) is 15.8. The molecule has 0 aliphatic carbocycles. The van der Waals surface area contributed by atoms with Gasteiger partial charge in [0.2, 0.25) is 0 Å². The first kappa shape index (κ1) is 7.49. The second-order valence-electron chi connectivity index (χ2n) is 2.96. The van der Waals surface area contributed by atoms with Crippen molar-refractivity contribution in [2.45, 2.75) is 20.0 Å². The van der Waals surface area contributed by atoms with Gasteiger partial charge in [0.1, 0.15) is 0 Å². The van der Waals surface area contributed by atoms with E-state index in [1.54, 1.807) is 13.1 Å². The smallest absolute Gasteiger partial charge is 0.163 e. The maximum Gasteiger partial charge on any atom is 0.163 e. The molecule has 1 aromatic heterocycles. The molecule has 1 aromatic rings. The quantitative estimate of drug-likeness (QED) is 0.604. The molecule has 0 atom stereocenters. The van der Waals surface area contributed by atoms with Gasteiger partial charge in [-0.15, -0.1) is 0 Å². The minimum Gasteiger partial charge on any atom is -0.309 e. The van der Waals surface area contributed by atoms with E-state index in [4.69, 9.17) is 0 Å². The van der Waals surface area contributed by atoms with E-state index >= 15 is 0 Å². The summed E-state index contributed by atoms with van der Waals surface area (Å²) >= 11 is 0. The van der Waals surface area contributed by atoms with Gasteiger partial charge in [0.05, 0.1) is 24.0 Å². The Balaban J connectivity index is 2.44. The molecule has 0 bridgehead atoms. The van der Waals surface area contributed by atoms with Gasteiger partial charge in [-0.25, -0.2) is 0 Å². The summed E-state index contributed by atoms with van der Waals surface area (Å²) in [5, 5.41) is 7.34. The van der Waals surface area contributed by atoms with Gasteiger partial charge in [0.15, 0.2) is 5.78 Å². The van der Waals surface area contributed by atoms with E-state index < -0.39 is 0 Å². The van der Waals surface area contributed by atoms with Gasteiger partial charge in [0.25, 0.3) is 0 Å². The Labute approximate surface area is 70.6 Å². The summed E-state index contributed by atoms with van der Waals surface area (Å²) in [6.07, 6.45) is 1.66. The van der Waals surface area contributed by atoms with Crippen LogP contribution in [0.25, 0.3) is 0 Å². The van der Waals surface area contributed by atoms with Gasteiger partial charge in [-0.2, -0.15) is 5.10 Å². The summed E-state index contributed by atoms with van der Waals surface area (Å²) in [5.41, 5.74) is 1.77. The predicted octanol–water partition coefficient (Wildman–Crippen LogP) is 0.189. The van der Waals surface area contributed by atoms with Crippen LogP contribution >= 0.6 is 0 Å². The third-order valence-electron chi connectivity index (χ3n) is 2.12. The number of carbonyl (C=O) groups is 1. The number of rotatable bonds is 1. The monoisotopic (exact) mass is 165 g/mol. The molecule has 1 aliphatic rings. The highest BCUT2D eigenvalue weighted by atomic mass is 16.1. The van der Waals surface area contributed by atoms with Crippen LogP contribution in [0.4, 0.5) is 0 Å². The van der Waals surface area contributed by atoms with Crippen molar-refractivity contribution < 1.29 is 4.79 Å². The van der Waals surface area contributed by atoms with Crippen molar-refractivity contribution in [3.8, 4) is 0 Å². The maximum atomic E-state index is 11.1. The van der Waals surface area contributed by atoms with Crippen molar-refractivity contribution in [3.63, 3.8) is 0 Å². The van der Waals surface area contributed by atoms with Crippen molar-refractivity contribution >= 4 is 5.78 Å². The van der Waals surface area contributed by atoms with Gasteiger partial charge in [-0.1, -0.05) is 0 Å². The minimum atomic E-state index is 0.0972. The molecule has 64 valence electrons. The summed E-state index contributed by atoms with van der Waals surface area (Å²) in [5.74, 6) is 0.0972. The van der Waals surface area contributed by atoms with Crippen LogP contribution in [0.3, 0.4) is 0 Å². The van der Waals surface area contributed by atoms with E-state index in [0.717, 1.165) is 30.9 Å². The van der Waals surface area contributed by atoms with E-state index in [0.29, 0.717) is 0 Å². The van der Waals surface area contributed by atoms with Crippen LogP contribution in [0, 0.1) is 0 Å². The molecule has 4 nitrogen and oxygen atoms in total. The molecule has 4 heteroatoms. The van der Waals surface area contributed by atoms with Crippen LogP contribution in [0.1, 0.15) is 23.0 Å². The molecule has 0 unspecified atom stereocenters. The van der Waals surface area contributed by atoms with Crippen LogP contribution in [0.15, 0.2) is 6.20 Å². The Morgan fingerprint density at radius 3 is 3.33 bits per heavy atom. The largest absolute Gasteiger partial charge is 0.309 e. The second-order valence-corrected chi connectivity index (χ2v) is 2.96. The molecule has 0 saturated heterocycles. The first-order valence-corrected chi connectivity index (χ1v) is 4.05. The van der Waals surface area contributed by atoms with Crippen molar-refractivity contribution in [1.29, 1.82) is 0 Å². The Morgan fingerprint density at radius 2 is 2.58 bits per heavy atom. The number of hydrogen-bond acceptors (Lipinski definition) is 3. The maximum absolute atomic E-state index is 11.1. The van der Waals surface area contributed by atoms with Crippen LogP contribution < -0.4 is 5.32 Å². The van der Waals surface area contributed by atoms with E-state index in [-0.39, 0.29) is 5.78 Å². The summed E-state index contributed by atoms with van der Waals surface area (Å²) < 4.78 is 1.90. The number of fused-ring (bicyclic) bond motifs is 1. The van der Waals surface area contributed by atoms with E-state index in [1.807, 2.05) is 4.68 Å². The molecule has 1 aliphatic heterocycles. The summed E-state index contributed by atoms with van der Waals surface area (Å²) in [4.78, 5) is 11.1. The standard InChI is InChI=1S/C8H11N3O/c1-6(12)7-4-10-11-3-2-9-5-8(7)11/h4,9H,2-3,5H2,1H3. The Morgan fingerprint density at radius 1 is 1.75 bits per heavy atom. The third kappa shape index (κ3) is 1.04. The van der Waals surface area contributed by atoms with E-state index in [9.17, 15) is 4.79 Å². The molecule has 1 N–H and O–H groups in total. The van der Waals surface area contributed by atoms with E-state index in [2.05, 4.69) is 10.4 Å². The fourth-order valence-electron chi connectivity index (χ4n) is 1.48. The predicted molar refractivity (Wildman–Crippen MR) is 43.9 cm³/mol. The fraction of sp³-hybridized carbons (Fsp3) is 0.500. The number of carbonyl (C=O) groups excluding carboxylic acids is 1. The molecule has 0 saturated carbocycles. The Kier molecular flexibility index (Phi) is 1.69. The van der Waals surface area contributed by atoms with E-state index in [1.165, 1.54) is 0 Å². The molecule has 2 heterocycles. The molecule has 12 heavy (non-hydrogen) atoms.